The summed E-state index contributed by atoms with van der Waals surface area (Å²) in [6.45, 7) is 0. The van der Waals surface area contributed by atoms with Crippen LogP contribution in [0.2, 0.25) is 0 Å². The van der Waals surface area contributed by atoms with Crippen molar-refractivity contribution in [1.82, 2.24) is 0 Å². The van der Waals surface area contributed by atoms with E-state index in [2.05, 4.69) is 15.9 Å². The molecule has 2 N–H and O–H groups in total. The molecule has 0 aromatic heterocycles. The zero-order chi connectivity index (χ0) is 15.6. The number of halogens is 3. The molecule has 0 radical (unpaired) electrons. The number of nitrogens with two attached hydrogens (primary N) is 1. The molecule has 0 fully saturated rings. The van der Waals surface area contributed by atoms with Crippen molar-refractivity contribution < 1.29 is 18.3 Å². The Balaban J connectivity index is 2.49. The molecule has 0 aliphatic carbocycles. The van der Waals surface area contributed by atoms with Gasteiger partial charge in [0.25, 0.3) is 0 Å². The van der Waals surface area contributed by atoms with Crippen molar-refractivity contribution in [2.24, 2.45) is 5.73 Å². The van der Waals surface area contributed by atoms with Crippen LogP contribution in [0, 0.1) is 11.6 Å². The first kappa shape index (κ1) is 15.7. The Bertz CT molecular complexity index is 644. The Morgan fingerprint density at radius 1 is 0.952 bits per heavy atom. The normalized spacial score (nSPS) is 12.1. The molecule has 21 heavy (non-hydrogen) atoms. The maximum Gasteiger partial charge on any atom is 0.161 e. The Morgan fingerprint density at radius 3 is 2.00 bits per heavy atom. The summed E-state index contributed by atoms with van der Waals surface area (Å²) in [5.41, 5.74) is 7.08. The van der Waals surface area contributed by atoms with Crippen LogP contribution in [0.3, 0.4) is 0 Å². The summed E-state index contributed by atoms with van der Waals surface area (Å²) >= 11 is 3.38. The molecule has 2 aromatic carbocycles. The van der Waals surface area contributed by atoms with E-state index in [0.717, 1.165) is 6.07 Å². The van der Waals surface area contributed by atoms with Crippen LogP contribution in [-0.2, 0) is 0 Å². The summed E-state index contributed by atoms with van der Waals surface area (Å²) in [7, 11) is 3.02. The van der Waals surface area contributed by atoms with Crippen LogP contribution < -0.4 is 15.2 Å². The van der Waals surface area contributed by atoms with Gasteiger partial charge < -0.3 is 15.2 Å². The average molecular weight is 358 g/mol. The van der Waals surface area contributed by atoms with Crippen molar-refractivity contribution >= 4 is 15.9 Å². The first-order valence-electron chi connectivity index (χ1n) is 6.09. The van der Waals surface area contributed by atoms with Gasteiger partial charge in [-0.3, -0.25) is 0 Å². The van der Waals surface area contributed by atoms with E-state index in [4.69, 9.17) is 15.2 Å². The largest absolute Gasteiger partial charge is 0.493 e. The molecule has 0 saturated carbocycles. The van der Waals surface area contributed by atoms with E-state index in [1.165, 1.54) is 26.4 Å². The Morgan fingerprint density at radius 2 is 1.48 bits per heavy atom. The third-order valence-electron chi connectivity index (χ3n) is 3.08. The third kappa shape index (κ3) is 3.33. The van der Waals surface area contributed by atoms with E-state index >= 15 is 0 Å². The highest BCUT2D eigenvalue weighted by Gasteiger charge is 2.18. The van der Waals surface area contributed by atoms with Gasteiger partial charge in [-0.05, 0) is 35.4 Å². The van der Waals surface area contributed by atoms with Crippen LogP contribution >= 0.6 is 15.9 Å². The molecule has 0 aliphatic heterocycles. The quantitative estimate of drug-likeness (QED) is 0.905. The molecule has 2 aromatic rings. The van der Waals surface area contributed by atoms with E-state index < -0.39 is 17.7 Å². The fourth-order valence-corrected chi connectivity index (χ4v) is 2.61. The number of methoxy groups -OCH3 is 2. The van der Waals surface area contributed by atoms with Gasteiger partial charge in [-0.1, -0.05) is 15.9 Å². The summed E-state index contributed by atoms with van der Waals surface area (Å²) in [5.74, 6) is -0.317. The van der Waals surface area contributed by atoms with Crippen molar-refractivity contribution in [2.45, 2.75) is 6.04 Å². The number of benzene rings is 2. The molecule has 0 spiro atoms. The molecule has 0 amide bonds. The van der Waals surface area contributed by atoms with Gasteiger partial charge in [-0.25, -0.2) is 8.78 Å². The first-order valence-corrected chi connectivity index (χ1v) is 6.88. The Hall–Kier alpha value is -1.66. The Labute approximate surface area is 129 Å². The Kier molecular flexibility index (Phi) is 4.80. The van der Waals surface area contributed by atoms with Gasteiger partial charge >= 0.3 is 0 Å². The second kappa shape index (κ2) is 6.41. The van der Waals surface area contributed by atoms with Crippen molar-refractivity contribution in [3.63, 3.8) is 0 Å². The van der Waals surface area contributed by atoms with Gasteiger partial charge in [0, 0.05) is 10.5 Å². The monoisotopic (exact) mass is 357 g/mol. The van der Waals surface area contributed by atoms with Crippen molar-refractivity contribution in [2.75, 3.05) is 14.2 Å². The molecule has 2 rings (SSSR count). The van der Waals surface area contributed by atoms with Crippen molar-refractivity contribution in [3.05, 3.63) is 57.6 Å². The molecular weight excluding hydrogens is 344 g/mol. The van der Waals surface area contributed by atoms with E-state index in [-0.39, 0.29) is 0 Å². The predicted octanol–water partition coefficient (Wildman–Crippen LogP) is 3.79. The summed E-state index contributed by atoms with van der Waals surface area (Å²) in [6, 6.07) is 5.89. The molecule has 0 heterocycles. The SMILES string of the molecule is COc1cc(Br)c(C(N)c2cc(F)cc(F)c2)cc1OC. The van der Waals surface area contributed by atoms with Crippen LogP contribution in [0.4, 0.5) is 8.78 Å². The molecule has 6 heteroatoms. The topological polar surface area (TPSA) is 44.5 Å². The number of ether oxygens (including phenoxy) is 2. The number of hydrogen-bond acceptors (Lipinski definition) is 3. The van der Waals surface area contributed by atoms with Gasteiger partial charge in [0.2, 0.25) is 0 Å². The standard InChI is InChI=1S/C15H14BrF2NO2/c1-20-13-6-11(12(16)7-14(13)21-2)15(19)8-3-9(17)5-10(18)4-8/h3-7,15H,19H2,1-2H3. The maximum atomic E-state index is 13.3. The van der Waals surface area contributed by atoms with Gasteiger partial charge in [0.15, 0.2) is 11.5 Å². The molecule has 1 atom stereocenters. The summed E-state index contributed by atoms with van der Waals surface area (Å²) in [4.78, 5) is 0. The summed E-state index contributed by atoms with van der Waals surface area (Å²) in [6.07, 6.45) is 0. The minimum Gasteiger partial charge on any atom is -0.493 e. The van der Waals surface area contributed by atoms with Crippen LogP contribution in [0.1, 0.15) is 17.2 Å². The molecule has 0 bridgehead atoms. The fraction of sp³-hybridized carbons (Fsp3) is 0.200. The zero-order valence-electron chi connectivity index (χ0n) is 11.5. The average Bonchev–Trinajstić information content (AvgIpc) is 2.45. The molecule has 0 aliphatic rings. The van der Waals surface area contributed by atoms with Gasteiger partial charge in [0.1, 0.15) is 11.6 Å². The lowest BCUT2D eigenvalue weighted by Gasteiger charge is -2.17. The molecule has 0 saturated heterocycles. The number of hydrogen-bond donors (Lipinski definition) is 1. The minimum atomic E-state index is -0.704. The highest BCUT2D eigenvalue weighted by molar-refractivity contribution is 9.10. The lowest BCUT2D eigenvalue weighted by atomic mass is 9.99. The fourth-order valence-electron chi connectivity index (χ4n) is 2.04. The number of rotatable bonds is 4. The lowest BCUT2D eigenvalue weighted by molar-refractivity contribution is 0.354. The summed E-state index contributed by atoms with van der Waals surface area (Å²) in [5, 5.41) is 0. The van der Waals surface area contributed by atoms with Gasteiger partial charge in [-0.2, -0.15) is 0 Å². The summed E-state index contributed by atoms with van der Waals surface area (Å²) < 4.78 is 37.7. The second-order valence-electron chi connectivity index (χ2n) is 4.41. The van der Waals surface area contributed by atoms with E-state index in [0.29, 0.717) is 27.1 Å². The lowest BCUT2D eigenvalue weighted by Crippen LogP contribution is -2.13. The van der Waals surface area contributed by atoms with Crippen LogP contribution in [0.15, 0.2) is 34.8 Å². The zero-order valence-corrected chi connectivity index (χ0v) is 13.1. The van der Waals surface area contributed by atoms with Gasteiger partial charge in [-0.15, -0.1) is 0 Å². The van der Waals surface area contributed by atoms with Crippen molar-refractivity contribution in [3.8, 4) is 11.5 Å². The predicted molar refractivity (Wildman–Crippen MR) is 79.6 cm³/mol. The van der Waals surface area contributed by atoms with Gasteiger partial charge in [0.05, 0.1) is 20.3 Å². The maximum absolute atomic E-state index is 13.3. The highest BCUT2D eigenvalue weighted by Crippen LogP contribution is 2.37. The van der Waals surface area contributed by atoms with Crippen LogP contribution in [-0.4, -0.2) is 14.2 Å². The van der Waals surface area contributed by atoms with Crippen LogP contribution in [0.25, 0.3) is 0 Å². The highest BCUT2D eigenvalue weighted by atomic mass is 79.9. The molecule has 1 unspecified atom stereocenters. The van der Waals surface area contributed by atoms with Crippen LogP contribution in [0.5, 0.6) is 11.5 Å². The molecule has 3 nitrogen and oxygen atoms in total. The first-order chi connectivity index (χ1) is 9.96. The van der Waals surface area contributed by atoms with Crippen molar-refractivity contribution in [1.29, 1.82) is 0 Å². The van der Waals surface area contributed by atoms with E-state index in [1.807, 2.05) is 0 Å². The van der Waals surface area contributed by atoms with E-state index in [1.54, 1.807) is 12.1 Å². The molecular formula is C15H14BrF2NO2. The second-order valence-corrected chi connectivity index (χ2v) is 5.26. The minimum absolute atomic E-state index is 0.334. The van der Waals surface area contributed by atoms with E-state index in [9.17, 15) is 8.78 Å². The smallest absolute Gasteiger partial charge is 0.161 e. The molecule has 112 valence electrons. The third-order valence-corrected chi connectivity index (χ3v) is 3.77.